The largest absolute Gasteiger partial charge is 0.306 e. The summed E-state index contributed by atoms with van der Waals surface area (Å²) in [5.41, 5.74) is 4.16. The first-order valence-electron chi connectivity index (χ1n) is 6.97. The maximum absolute atomic E-state index is 3.83. The third-order valence-corrected chi connectivity index (χ3v) is 5.13. The number of benzene rings is 1. The third kappa shape index (κ3) is 3.30. The van der Waals surface area contributed by atoms with Crippen LogP contribution in [0.4, 0.5) is 0 Å². The van der Waals surface area contributed by atoms with Crippen molar-refractivity contribution in [1.82, 2.24) is 5.32 Å². The minimum atomic E-state index is 0.460. The zero-order valence-corrected chi connectivity index (χ0v) is 12.8. The molecule has 1 N–H and O–H groups in total. The Morgan fingerprint density at radius 2 is 1.83 bits per heavy atom. The number of nitrogens with one attached hydrogen (secondary N) is 1. The smallest absolute Gasteiger partial charge is 0.0294 e. The highest BCUT2D eigenvalue weighted by atomic mass is 32.2. The maximum Gasteiger partial charge on any atom is 0.0294 e. The number of hydrogen-bond acceptors (Lipinski definition) is 2. The Morgan fingerprint density at radius 3 is 2.44 bits per heavy atom. The fourth-order valence-corrected chi connectivity index (χ4v) is 4.02. The van der Waals surface area contributed by atoms with Crippen molar-refractivity contribution in [2.45, 2.75) is 57.4 Å². The van der Waals surface area contributed by atoms with E-state index in [1.807, 2.05) is 11.8 Å². The van der Waals surface area contributed by atoms with Crippen LogP contribution in [0.1, 0.15) is 48.9 Å². The first-order chi connectivity index (χ1) is 8.60. The monoisotopic (exact) mass is 263 g/mol. The number of aryl methyl sites for hydroxylation is 2. The van der Waals surface area contributed by atoms with E-state index < -0.39 is 0 Å². The van der Waals surface area contributed by atoms with E-state index in [0.29, 0.717) is 12.1 Å². The molecule has 2 rings (SSSR count). The minimum Gasteiger partial charge on any atom is -0.306 e. The van der Waals surface area contributed by atoms with Gasteiger partial charge in [0, 0.05) is 17.3 Å². The average molecular weight is 263 g/mol. The average Bonchev–Trinajstić information content (AvgIpc) is 2.75. The lowest BCUT2D eigenvalue weighted by Crippen LogP contribution is -2.35. The van der Waals surface area contributed by atoms with Gasteiger partial charge in [0.15, 0.2) is 0 Å². The highest BCUT2D eigenvalue weighted by molar-refractivity contribution is 7.99. The van der Waals surface area contributed by atoms with Crippen LogP contribution in [0.5, 0.6) is 0 Å². The predicted octanol–water partition coefficient (Wildman–Crippen LogP) is 4.24. The summed E-state index contributed by atoms with van der Waals surface area (Å²) in [4.78, 5) is 0. The summed E-state index contributed by atoms with van der Waals surface area (Å²) in [6, 6.07) is 8.02. The molecule has 0 spiro atoms. The first kappa shape index (κ1) is 14.0. The summed E-state index contributed by atoms with van der Waals surface area (Å²) in [5.74, 6) is 0. The van der Waals surface area contributed by atoms with Crippen LogP contribution in [0.2, 0.25) is 0 Å². The van der Waals surface area contributed by atoms with Crippen LogP contribution in [0, 0.1) is 13.8 Å². The lowest BCUT2D eigenvalue weighted by molar-refractivity contribution is 0.467. The number of thioether (sulfide) groups is 1. The van der Waals surface area contributed by atoms with E-state index in [4.69, 9.17) is 0 Å². The molecule has 0 heterocycles. The molecule has 0 aliphatic heterocycles. The van der Waals surface area contributed by atoms with Gasteiger partial charge in [0.1, 0.15) is 0 Å². The SMILES string of the molecule is CSC1CCCC1NC(C)c1cc(C)cc(C)c1. The Balaban J connectivity index is 2.04. The first-order valence-corrected chi connectivity index (χ1v) is 8.26. The van der Waals surface area contributed by atoms with Crippen LogP contribution in [-0.2, 0) is 0 Å². The highest BCUT2D eigenvalue weighted by Crippen LogP contribution is 2.30. The molecule has 1 fully saturated rings. The zero-order chi connectivity index (χ0) is 13.1. The summed E-state index contributed by atoms with van der Waals surface area (Å²) in [6.45, 7) is 6.66. The number of rotatable bonds is 4. The fourth-order valence-electron chi connectivity index (χ4n) is 3.08. The van der Waals surface area contributed by atoms with E-state index in [1.54, 1.807) is 0 Å². The quantitative estimate of drug-likeness (QED) is 0.872. The van der Waals surface area contributed by atoms with E-state index in [0.717, 1.165) is 5.25 Å². The number of hydrogen-bond donors (Lipinski definition) is 1. The standard InChI is InChI=1S/C16H25NS/c1-11-8-12(2)10-14(9-11)13(3)17-15-6-5-7-16(15)18-4/h8-10,13,15-17H,5-7H2,1-4H3. The van der Waals surface area contributed by atoms with Crippen molar-refractivity contribution in [3.63, 3.8) is 0 Å². The molecule has 0 amide bonds. The van der Waals surface area contributed by atoms with Crippen molar-refractivity contribution < 1.29 is 0 Å². The Morgan fingerprint density at radius 1 is 1.17 bits per heavy atom. The molecule has 1 aromatic rings. The maximum atomic E-state index is 3.83. The van der Waals surface area contributed by atoms with E-state index in [9.17, 15) is 0 Å². The normalized spacial score (nSPS) is 25.3. The van der Waals surface area contributed by atoms with Gasteiger partial charge in [-0.05, 0) is 45.4 Å². The van der Waals surface area contributed by atoms with E-state index in [-0.39, 0.29) is 0 Å². The summed E-state index contributed by atoms with van der Waals surface area (Å²) in [5, 5.41) is 4.63. The Labute approximate surface area is 116 Å². The van der Waals surface area contributed by atoms with Crippen LogP contribution in [0.3, 0.4) is 0 Å². The summed E-state index contributed by atoms with van der Waals surface area (Å²) >= 11 is 2.02. The van der Waals surface area contributed by atoms with Gasteiger partial charge in [-0.25, -0.2) is 0 Å². The Hall–Kier alpha value is -0.470. The molecule has 1 aliphatic carbocycles. The van der Waals surface area contributed by atoms with Crippen LogP contribution in [0.15, 0.2) is 18.2 Å². The molecule has 1 aliphatic rings. The van der Waals surface area contributed by atoms with E-state index in [1.165, 1.54) is 36.0 Å². The van der Waals surface area contributed by atoms with Crippen molar-refractivity contribution in [2.24, 2.45) is 0 Å². The molecule has 100 valence electrons. The summed E-state index contributed by atoms with van der Waals surface area (Å²) in [7, 11) is 0. The van der Waals surface area contributed by atoms with Gasteiger partial charge in [-0.15, -0.1) is 0 Å². The lowest BCUT2D eigenvalue weighted by Gasteiger charge is -2.24. The van der Waals surface area contributed by atoms with Crippen molar-refractivity contribution in [1.29, 1.82) is 0 Å². The second-order valence-corrected chi connectivity index (χ2v) is 6.70. The molecule has 0 aromatic heterocycles. The minimum absolute atomic E-state index is 0.460. The molecule has 3 unspecified atom stereocenters. The molecule has 1 saturated carbocycles. The summed E-state index contributed by atoms with van der Waals surface area (Å²) < 4.78 is 0. The molecule has 1 nitrogen and oxygen atoms in total. The zero-order valence-electron chi connectivity index (χ0n) is 12.0. The van der Waals surface area contributed by atoms with Crippen LogP contribution < -0.4 is 5.32 Å². The van der Waals surface area contributed by atoms with E-state index >= 15 is 0 Å². The molecule has 1 aromatic carbocycles. The van der Waals surface area contributed by atoms with E-state index in [2.05, 4.69) is 50.5 Å². The molecule has 3 atom stereocenters. The molecule has 0 saturated heterocycles. The van der Waals surface area contributed by atoms with Crippen molar-refractivity contribution in [3.8, 4) is 0 Å². The molecular formula is C16H25NS. The highest BCUT2D eigenvalue weighted by Gasteiger charge is 2.27. The van der Waals surface area contributed by atoms with Crippen LogP contribution in [0.25, 0.3) is 0 Å². The molecular weight excluding hydrogens is 238 g/mol. The van der Waals surface area contributed by atoms with Gasteiger partial charge in [0.2, 0.25) is 0 Å². The van der Waals surface area contributed by atoms with Gasteiger partial charge in [-0.1, -0.05) is 35.7 Å². The predicted molar refractivity (Wildman–Crippen MR) is 82.4 cm³/mol. The molecule has 2 heteroatoms. The van der Waals surface area contributed by atoms with Crippen molar-refractivity contribution in [2.75, 3.05) is 6.26 Å². The lowest BCUT2D eigenvalue weighted by atomic mass is 10.0. The van der Waals surface area contributed by atoms with Gasteiger partial charge in [0.25, 0.3) is 0 Å². The topological polar surface area (TPSA) is 12.0 Å². The van der Waals surface area contributed by atoms with Crippen LogP contribution in [-0.4, -0.2) is 17.5 Å². The van der Waals surface area contributed by atoms with Gasteiger partial charge in [-0.2, -0.15) is 11.8 Å². The fraction of sp³-hybridized carbons (Fsp3) is 0.625. The molecule has 18 heavy (non-hydrogen) atoms. The molecule has 0 radical (unpaired) electrons. The Bertz CT molecular complexity index is 382. The van der Waals surface area contributed by atoms with Crippen LogP contribution >= 0.6 is 11.8 Å². The second-order valence-electron chi connectivity index (χ2n) is 5.62. The molecule has 0 bridgehead atoms. The van der Waals surface area contributed by atoms with Gasteiger partial charge in [-0.3, -0.25) is 0 Å². The van der Waals surface area contributed by atoms with Gasteiger partial charge in [0.05, 0.1) is 0 Å². The van der Waals surface area contributed by atoms with Gasteiger partial charge >= 0.3 is 0 Å². The van der Waals surface area contributed by atoms with Crippen molar-refractivity contribution in [3.05, 3.63) is 34.9 Å². The second kappa shape index (κ2) is 6.12. The van der Waals surface area contributed by atoms with Crippen molar-refractivity contribution >= 4 is 11.8 Å². The summed E-state index contributed by atoms with van der Waals surface area (Å²) in [6.07, 6.45) is 6.33. The van der Waals surface area contributed by atoms with Gasteiger partial charge < -0.3 is 5.32 Å². The third-order valence-electron chi connectivity index (χ3n) is 3.96. The Kier molecular flexibility index (Phi) is 4.74.